The lowest BCUT2D eigenvalue weighted by molar-refractivity contribution is 0.333. The number of hydrogen-bond donors (Lipinski definition) is 2. The minimum atomic E-state index is 0.550. The molecule has 0 spiro atoms. The number of hydrogen-bond acceptors (Lipinski definition) is 3. The Morgan fingerprint density at radius 2 is 2.27 bits per heavy atom. The molecule has 3 heteroatoms. The van der Waals surface area contributed by atoms with Gasteiger partial charge >= 0.3 is 0 Å². The van der Waals surface area contributed by atoms with Crippen LogP contribution in [0.4, 0.5) is 11.4 Å². The summed E-state index contributed by atoms with van der Waals surface area (Å²) in [6.45, 7) is 0.971. The molecule has 78 valence electrons. The van der Waals surface area contributed by atoms with E-state index in [4.69, 9.17) is 11.0 Å². The maximum Gasteiger partial charge on any atom is 0.101 e. The van der Waals surface area contributed by atoms with E-state index in [9.17, 15) is 0 Å². The standard InChI is InChI=1S/C12H15N3/c13-7-10-5-2-6-11(12(10)14)15-8-9-3-1-4-9/h2,5-6,9,15H,1,3-4,8,14H2. The molecule has 0 unspecified atom stereocenters. The summed E-state index contributed by atoms with van der Waals surface area (Å²) < 4.78 is 0. The third-order valence-electron chi connectivity index (χ3n) is 3.03. The summed E-state index contributed by atoms with van der Waals surface area (Å²) in [5.74, 6) is 0.787. The van der Waals surface area contributed by atoms with Crippen LogP contribution >= 0.6 is 0 Å². The lowest BCUT2D eigenvalue weighted by atomic mass is 9.85. The molecule has 1 aromatic carbocycles. The maximum absolute atomic E-state index is 8.82. The van der Waals surface area contributed by atoms with Crippen molar-refractivity contribution in [2.24, 2.45) is 5.92 Å². The zero-order valence-corrected chi connectivity index (χ0v) is 8.66. The van der Waals surface area contributed by atoms with Crippen molar-refractivity contribution in [3.05, 3.63) is 23.8 Å². The summed E-state index contributed by atoms with van der Waals surface area (Å²) in [6, 6.07) is 7.61. The summed E-state index contributed by atoms with van der Waals surface area (Å²) in [5, 5.41) is 12.1. The van der Waals surface area contributed by atoms with Crippen molar-refractivity contribution in [2.75, 3.05) is 17.6 Å². The van der Waals surface area contributed by atoms with Gasteiger partial charge in [0, 0.05) is 6.54 Å². The Morgan fingerprint density at radius 1 is 1.47 bits per heavy atom. The van der Waals surface area contributed by atoms with E-state index in [1.54, 1.807) is 6.07 Å². The summed E-state index contributed by atoms with van der Waals surface area (Å²) in [5.41, 5.74) is 7.86. The fraction of sp³-hybridized carbons (Fsp3) is 0.417. The van der Waals surface area contributed by atoms with Gasteiger partial charge in [0.05, 0.1) is 16.9 Å². The molecule has 0 radical (unpaired) electrons. The molecule has 1 saturated carbocycles. The zero-order valence-electron chi connectivity index (χ0n) is 8.66. The van der Waals surface area contributed by atoms with Crippen LogP contribution in [0, 0.1) is 17.2 Å². The van der Waals surface area contributed by atoms with Crippen molar-refractivity contribution < 1.29 is 0 Å². The molecule has 3 nitrogen and oxygen atoms in total. The molecule has 0 aromatic heterocycles. The Kier molecular flexibility index (Phi) is 2.77. The number of nitrogen functional groups attached to an aromatic ring is 1. The Bertz CT molecular complexity index is 388. The summed E-state index contributed by atoms with van der Waals surface area (Å²) >= 11 is 0. The van der Waals surface area contributed by atoms with Crippen molar-refractivity contribution in [1.29, 1.82) is 5.26 Å². The first kappa shape index (κ1) is 9.85. The van der Waals surface area contributed by atoms with Crippen molar-refractivity contribution in [3.63, 3.8) is 0 Å². The van der Waals surface area contributed by atoms with Crippen molar-refractivity contribution >= 4 is 11.4 Å². The highest BCUT2D eigenvalue weighted by atomic mass is 14.9. The molecule has 0 saturated heterocycles. The van der Waals surface area contributed by atoms with Crippen LogP contribution in [-0.4, -0.2) is 6.54 Å². The zero-order chi connectivity index (χ0) is 10.7. The molecule has 1 aromatic rings. The third-order valence-corrected chi connectivity index (χ3v) is 3.03. The smallest absolute Gasteiger partial charge is 0.101 e. The number of nitriles is 1. The van der Waals surface area contributed by atoms with Crippen LogP contribution in [0.3, 0.4) is 0 Å². The lowest BCUT2D eigenvalue weighted by Crippen LogP contribution is -2.21. The molecule has 1 fully saturated rings. The number of rotatable bonds is 3. The second-order valence-electron chi connectivity index (χ2n) is 4.06. The Hall–Kier alpha value is -1.69. The number of nitrogens with two attached hydrogens (primary N) is 1. The van der Waals surface area contributed by atoms with Gasteiger partial charge in [-0.05, 0) is 30.9 Å². The first-order valence-corrected chi connectivity index (χ1v) is 5.33. The highest BCUT2D eigenvalue weighted by Crippen LogP contribution is 2.28. The van der Waals surface area contributed by atoms with E-state index in [-0.39, 0.29) is 0 Å². The highest BCUT2D eigenvalue weighted by Gasteiger charge is 2.17. The predicted octanol–water partition coefficient (Wildman–Crippen LogP) is 2.35. The van der Waals surface area contributed by atoms with Crippen molar-refractivity contribution in [1.82, 2.24) is 0 Å². The number of anilines is 2. The molecule has 1 aliphatic rings. The first-order valence-electron chi connectivity index (χ1n) is 5.33. The normalized spacial score (nSPS) is 15.4. The van der Waals surface area contributed by atoms with E-state index < -0.39 is 0 Å². The van der Waals surface area contributed by atoms with Crippen LogP contribution in [0.25, 0.3) is 0 Å². The Balaban J connectivity index is 2.04. The van der Waals surface area contributed by atoms with E-state index in [1.807, 2.05) is 12.1 Å². The van der Waals surface area contributed by atoms with E-state index in [2.05, 4.69) is 11.4 Å². The van der Waals surface area contributed by atoms with Gasteiger partial charge in [0.2, 0.25) is 0 Å². The molecule has 0 amide bonds. The van der Waals surface area contributed by atoms with Crippen LogP contribution in [-0.2, 0) is 0 Å². The average Bonchev–Trinajstić information content (AvgIpc) is 2.18. The molecular formula is C12H15N3. The van der Waals surface area contributed by atoms with E-state index in [1.165, 1.54) is 19.3 Å². The highest BCUT2D eigenvalue weighted by molar-refractivity contribution is 5.72. The molecule has 0 heterocycles. The van der Waals surface area contributed by atoms with Gasteiger partial charge in [-0.3, -0.25) is 0 Å². The molecule has 0 bridgehead atoms. The fourth-order valence-electron chi connectivity index (χ4n) is 1.77. The summed E-state index contributed by atoms with van der Waals surface area (Å²) in [4.78, 5) is 0. The van der Waals surface area contributed by atoms with Gasteiger partial charge in [0.15, 0.2) is 0 Å². The van der Waals surface area contributed by atoms with E-state index in [0.29, 0.717) is 11.3 Å². The second-order valence-corrected chi connectivity index (χ2v) is 4.06. The van der Waals surface area contributed by atoms with Crippen LogP contribution in [0.15, 0.2) is 18.2 Å². The van der Waals surface area contributed by atoms with Gasteiger partial charge in [-0.25, -0.2) is 0 Å². The van der Waals surface area contributed by atoms with Gasteiger partial charge < -0.3 is 11.1 Å². The molecule has 2 rings (SSSR count). The molecule has 15 heavy (non-hydrogen) atoms. The van der Waals surface area contributed by atoms with E-state index >= 15 is 0 Å². The quantitative estimate of drug-likeness (QED) is 0.738. The maximum atomic E-state index is 8.82. The average molecular weight is 201 g/mol. The van der Waals surface area contributed by atoms with Gasteiger partial charge in [-0.2, -0.15) is 5.26 Å². The number of nitrogens with zero attached hydrogens (tertiary/aromatic N) is 1. The predicted molar refractivity (Wildman–Crippen MR) is 61.4 cm³/mol. The molecular weight excluding hydrogens is 186 g/mol. The Labute approximate surface area is 89.9 Å². The summed E-state index contributed by atoms with van der Waals surface area (Å²) in [6.07, 6.45) is 3.97. The molecule has 0 aliphatic heterocycles. The van der Waals surface area contributed by atoms with Crippen LogP contribution in [0.5, 0.6) is 0 Å². The third kappa shape index (κ3) is 2.04. The first-order chi connectivity index (χ1) is 7.31. The van der Waals surface area contributed by atoms with Gasteiger partial charge in [0.1, 0.15) is 6.07 Å². The second kappa shape index (κ2) is 4.22. The minimum absolute atomic E-state index is 0.550. The van der Waals surface area contributed by atoms with Crippen molar-refractivity contribution in [2.45, 2.75) is 19.3 Å². The number of para-hydroxylation sites is 1. The largest absolute Gasteiger partial charge is 0.396 e. The van der Waals surface area contributed by atoms with Gasteiger partial charge in [-0.15, -0.1) is 0 Å². The van der Waals surface area contributed by atoms with Crippen molar-refractivity contribution in [3.8, 4) is 6.07 Å². The summed E-state index contributed by atoms with van der Waals surface area (Å²) in [7, 11) is 0. The minimum Gasteiger partial charge on any atom is -0.396 e. The number of benzene rings is 1. The van der Waals surface area contributed by atoms with Crippen LogP contribution in [0.1, 0.15) is 24.8 Å². The lowest BCUT2D eigenvalue weighted by Gasteiger charge is -2.26. The van der Waals surface area contributed by atoms with Crippen LogP contribution < -0.4 is 11.1 Å². The SMILES string of the molecule is N#Cc1cccc(NCC2CCC2)c1N. The molecule has 3 N–H and O–H groups in total. The fourth-order valence-corrected chi connectivity index (χ4v) is 1.77. The van der Waals surface area contributed by atoms with Gasteiger partial charge in [0.25, 0.3) is 0 Å². The Morgan fingerprint density at radius 3 is 2.87 bits per heavy atom. The number of nitrogens with one attached hydrogen (secondary N) is 1. The molecule has 1 aliphatic carbocycles. The molecule has 0 atom stereocenters. The monoisotopic (exact) mass is 201 g/mol. The van der Waals surface area contributed by atoms with Crippen LogP contribution in [0.2, 0.25) is 0 Å². The van der Waals surface area contributed by atoms with E-state index in [0.717, 1.165) is 18.2 Å². The van der Waals surface area contributed by atoms with Gasteiger partial charge in [-0.1, -0.05) is 12.5 Å². The topological polar surface area (TPSA) is 61.8 Å².